The van der Waals surface area contributed by atoms with E-state index in [-0.39, 0.29) is 0 Å². The molecule has 0 saturated carbocycles. The summed E-state index contributed by atoms with van der Waals surface area (Å²) in [6, 6.07) is 7.27. The van der Waals surface area contributed by atoms with Gasteiger partial charge >= 0.3 is 6.09 Å². The molecule has 0 spiro atoms. The number of hydrogen-bond acceptors (Lipinski definition) is 4. The van der Waals surface area contributed by atoms with E-state index in [2.05, 4.69) is 22.0 Å². The largest absolute Gasteiger partial charge is 0.444 e. The molecule has 0 saturated heterocycles. The van der Waals surface area contributed by atoms with Crippen LogP contribution in [0.25, 0.3) is 0 Å². The third kappa shape index (κ3) is 6.56. The second kappa shape index (κ2) is 7.42. The third-order valence-corrected chi connectivity index (χ3v) is 2.41. The van der Waals surface area contributed by atoms with Gasteiger partial charge in [0.05, 0.1) is 12.2 Å². The summed E-state index contributed by atoms with van der Waals surface area (Å²) in [5, 5.41) is 2.62. The number of carbonyl (C=O) groups is 1. The number of aliphatic imine (C=N–C) groups is 2. The molecule has 0 heterocycles. The summed E-state index contributed by atoms with van der Waals surface area (Å²) in [4.78, 5) is 19.4. The summed E-state index contributed by atoms with van der Waals surface area (Å²) in [6.45, 7) is 9.62. The highest BCUT2D eigenvalue weighted by Gasteiger charge is 2.15. The predicted molar refractivity (Wildman–Crippen MR) is 85.5 cm³/mol. The second-order valence-corrected chi connectivity index (χ2v) is 5.40. The van der Waals surface area contributed by atoms with Crippen LogP contribution in [-0.4, -0.2) is 37.3 Å². The Kier molecular flexibility index (Phi) is 5.90. The molecule has 114 valence electrons. The maximum Gasteiger partial charge on any atom is 0.407 e. The minimum Gasteiger partial charge on any atom is -0.444 e. The Labute approximate surface area is 125 Å². The van der Waals surface area contributed by atoms with Crippen molar-refractivity contribution in [1.29, 1.82) is 0 Å². The standard InChI is InChI=1S/C15H22N4O2/c1-15(2,3)21-14(20)19-10-9-18-13(16)11-5-7-12(17-4)8-6-11/h5-8H,4,9-10H2,1-3H3,(H2,16,18)(H,19,20). The van der Waals surface area contributed by atoms with Crippen molar-refractivity contribution in [1.82, 2.24) is 5.32 Å². The van der Waals surface area contributed by atoms with Crippen molar-refractivity contribution in [3.8, 4) is 0 Å². The van der Waals surface area contributed by atoms with Crippen molar-refractivity contribution >= 4 is 24.3 Å². The van der Waals surface area contributed by atoms with Gasteiger partial charge in [0, 0.05) is 12.1 Å². The highest BCUT2D eigenvalue weighted by atomic mass is 16.6. The first-order valence-electron chi connectivity index (χ1n) is 6.66. The van der Waals surface area contributed by atoms with Crippen LogP contribution in [-0.2, 0) is 4.74 Å². The molecular formula is C15H22N4O2. The number of ether oxygens (including phenoxy) is 1. The Bertz CT molecular complexity index is 515. The fraction of sp³-hybridized carbons (Fsp3) is 0.400. The fourth-order valence-electron chi connectivity index (χ4n) is 1.48. The number of nitrogens with zero attached hydrogens (tertiary/aromatic N) is 2. The van der Waals surface area contributed by atoms with Gasteiger partial charge in [0.2, 0.25) is 0 Å². The van der Waals surface area contributed by atoms with E-state index >= 15 is 0 Å². The molecule has 0 radical (unpaired) electrons. The van der Waals surface area contributed by atoms with Crippen molar-refractivity contribution in [3.63, 3.8) is 0 Å². The Hall–Kier alpha value is -2.37. The van der Waals surface area contributed by atoms with Crippen LogP contribution in [0.3, 0.4) is 0 Å². The molecule has 6 heteroatoms. The van der Waals surface area contributed by atoms with E-state index in [1.54, 1.807) is 0 Å². The molecule has 1 aromatic carbocycles. The molecule has 0 bridgehead atoms. The molecule has 1 amide bonds. The molecule has 0 atom stereocenters. The van der Waals surface area contributed by atoms with Crippen LogP contribution in [0.5, 0.6) is 0 Å². The van der Waals surface area contributed by atoms with Gasteiger partial charge < -0.3 is 15.8 Å². The van der Waals surface area contributed by atoms with E-state index in [0.717, 1.165) is 11.3 Å². The molecule has 0 fully saturated rings. The minimum atomic E-state index is -0.507. The predicted octanol–water partition coefficient (Wildman–Crippen LogP) is 2.25. The van der Waals surface area contributed by atoms with Gasteiger partial charge in [-0.3, -0.25) is 9.98 Å². The lowest BCUT2D eigenvalue weighted by Crippen LogP contribution is -2.34. The second-order valence-electron chi connectivity index (χ2n) is 5.40. The first kappa shape index (κ1) is 16.7. The van der Waals surface area contributed by atoms with Crippen LogP contribution in [0.15, 0.2) is 34.3 Å². The molecule has 3 N–H and O–H groups in total. The van der Waals surface area contributed by atoms with Gasteiger partial charge in [-0.2, -0.15) is 0 Å². The highest BCUT2D eigenvalue weighted by Crippen LogP contribution is 2.11. The topological polar surface area (TPSA) is 89.1 Å². The van der Waals surface area contributed by atoms with Gasteiger partial charge in [-0.05, 0) is 51.8 Å². The molecule has 0 aliphatic carbocycles. The molecule has 0 aromatic heterocycles. The Morgan fingerprint density at radius 1 is 1.33 bits per heavy atom. The zero-order valence-corrected chi connectivity index (χ0v) is 12.7. The average Bonchev–Trinajstić information content (AvgIpc) is 2.41. The number of amidine groups is 1. The van der Waals surface area contributed by atoms with Crippen molar-refractivity contribution in [2.75, 3.05) is 13.1 Å². The summed E-state index contributed by atoms with van der Waals surface area (Å²) in [7, 11) is 0. The van der Waals surface area contributed by atoms with Crippen LogP contribution in [0, 0.1) is 0 Å². The molecule has 0 unspecified atom stereocenters. The van der Waals surface area contributed by atoms with E-state index in [0.29, 0.717) is 18.9 Å². The van der Waals surface area contributed by atoms with E-state index < -0.39 is 11.7 Å². The molecule has 1 aromatic rings. The lowest BCUT2D eigenvalue weighted by atomic mass is 10.2. The van der Waals surface area contributed by atoms with Crippen molar-refractivity contribution in [2.24, 2.45) is 15.7 Å². The number of benzene rings is 1. The van der Waals surface area contributed by atoms with E-state index in [9.17, 15) is 4.79 Å². The van der Waals surface area contributed by atoms with Gasteiger partial charge in [0.15, 0.2) is 0 Å². The number of hydrogen-bond donors (Lipinski definition) is 2. The average molecular weight is 290 g/mol. The Balaban J connectivity index is 2.42. The van der Waals surface area contributed by atoms with Crippen LogP contribution in [0.4, 0.5) is 10.5 Å². The lowest BCUT2D eigenvalue weighted by molar-refractivity contribution is 0.0529. The molecule has 21 heavy (non-hydrogen) atoms. The van der Waals surface area contributed by atoms with E-state index in [4.69, 9.17) is 10.5 Å². The quantitative estimate of drug-likeness (QED) is 0.495. The fourth-order valence-corrected chi connectivity index (χ4v) is 1.48. The maximum atomic E-state index is 11.4. The van der Waals surface area contributed by atoms with Crippen LogP contribution >= 0.6 is 0 Å². The number of alkyl carbamates (subject to hydrolysis) is 1. The smallest absolute Gasteiger partial charge is 0.407 e. The number of nitrogens with one attached hydrogen (secondary N) is 1. The SMILES string of the molecule is C=Nc1ccc(C(N)=NCCNC(=O)OC(C)(C)C)cc1. The Morgan fingerprint density at radius 3 is 2.48 bits per heavy atom. The molecular weight excluding hydrogens is 268 g/mol. The first-order valence-corrected chi connectivity index (χ1v) is 6.66. The van der Waals surface area contributed by atoms with Crippen molar-refractivity contribution in [2.45, 2.75) is 26.4 Å². The molecule has 6 nitrogen and oxygen atoms in total. The molecule has 0 aliphatic rings. The number of rotatable bonds is 5. The van der Waals surface area contributed by atoms with Gasteiger partial charge in [0.25, 0.3) is 0 Å². The summed E-state index contributed by atoms with van der Waals surface area (Å²) < 4.78 is 5.11. The van der Waals surface area contributed by atoms with E-state index in [1.165, 1.54) is 0 Å². The number of carbonyl (C=O) groups excluding carboxylic acids is 1. The Morgan fingerprint density at radius 2 is 1.95 bits per heavy atom. The molecule has 0 aliphatic heterocycles. The zero-order chi connectivity index (χ0) is 15.9. The van der Waals surface area contributed by atoms with Gasteiger partial charge in [-0.15, -0.1) is 0 Å². The van der Waals surface area contributed by atoms with Crippen molar-refractivity contribution in [3.05, 3.63) is 29.8 Å². The van der Waals surface area contributed by atoms with Gasteiger partial charge in [-0.25, -0.2) is 4.79 Å². The van der Waals surface area contributed by atoms with Crippen LogP contribution in [0.2, 0.25) is 0 Å². The summed E-state index contributed by atoms with van der Waals surface area (Å²) >= 11 is 0. The summed E-state index contributed by atoms with van der Waals surface area (Å²) in [5.41, 5.74) is 6.94. The number of amides is 1. The normalized spacial score (nSPS) is 11.9. The summed E-state index contributed by atoms with van der Waals surface area (Å²) in [5.74, 6) is 0.414. The van der Waals surface area contributed by atoms with Crippen LogP contribution < -0.4 is 11.1 Å². The van der Waals surface area contributed by atoms with Crippen molar-refractivity contribution < 1.29 is 9.53 Å². The van der Waals surface area contributed by atoms with Gasteiger partial charge in [-0.1, -0.05) is 0 Å². The highest BCUT2D eigenvalue weighted by molar-refractivity contribution is 5.97. The van der Waals surface area contributed by atoms with E-state index in [1.807, 2.05) is 45.0 Å². The third-order valence-electron chi connectivity index (χ3n) is 2.41. The monoisotopic (exact) mass is 290 g/mol. The summed E-state index contributed by atoms with van der Waals surface area (Å²) in [6.07, 6.45) is -0.460. The lowest BCUT2D eigenvalue weighted by Gasteiger charge is -2.19. The van der Waals surface area contributed by atoms with Gasteiger partial charge in [0.1, 0.15) is 11.4 Å². The zero-order valence-electron chi connectivity index (χ0n) is 12.7. The minimum absolute atomic E-state index is 0.363. The molecule has 1 rings (SSSR count). The number of nitrogens with two attached hydrogens (primary N) is 1. The van der Waals surface area contributed by atoms with Crippen LogP contribution in [0.1, 0.15) is 26.3 Å². The maximum absolute atomic E-state index is 11.4. The first-order chi connectivity index (χ1) is 9.81.